The molecular weight excluding hydrogens is 282 g/mol. The van der Waals surface area contributed by atoms with E-state index in [0.717, 1.165) is 12.1 Å². The minimum atomic E-state index is -0.206. The van der Waals surface area contributed by atoms with Gasteiger partial charge in [-0.25, -0.2) is 4.68 Å². The van der Waals surface area contributed by atoms with Crippen LogP contribution in [0, 0.1) is 0 Å². The average Bonchev–Trinajstić information content (AvgIpc) is 2.94. The van der Waals surface area contributed by atoms with Crippen molar-refractivity contribution in [3.05, 3.63) is 36.0 Å². The van der Waals surface area contributed by atoms with Crippen molar-refractivity contribution < 1.29 is 9.59 Å². The Balaban J connectivity index is 1.89. The molecule has 116 valence electrons. The molecule has 1 aromatic carbocycles. The van der Waals surface area contributed by atoms with Crippen molar-refractivity contribution in [1.29, 1.82) is 0 Å². The Morgan fingerprint density at radius 2 is 1.82 bits per heavy atom. The van der Waals surface area contributed by atoms with Gasteiger partial charge in [0, 0.05) is 12.1 Å². The Bertz CT molecular complexity index is 648. The molecule has 1 heterocycles. The summed E-state index contributed by atoms with van der Waals surface area (Å²) in [4.78, 5) is 23.2. The molecule has 0 radical (unpaired) electrons. The Kier molecular flexibility index (Phi) is 5.24. The molecule has 0 aliphatic heterocycles. The fourth-order valence-corrected chi connectivity index (χ4v) is 1.84. The lowest BCUT2D eigenvalue weighted by Crippen LogP contribution is -2.19. The van der Waals surface area contributed by atoms with Gasteiger partial charge in [0.05, 0.1) is 6.20 Å². The summed E-state index contributed by atoms with van der Waals surface area (Å²) in [5.74, 6) is -0.0121. The van der Waals surface area contributed by atoms with E-state index in [-0.39, 0.29) is 18.4 Å². The molecule has 2 N–H and O–H groups in total. The molecule has 0 aliphatic carbocycles. The number of hydrogen-bond acceptors (Lipinski definition) is 4. The molecular formula is C15H19N5O2. The second-order valence-electron chi connectivity index (χ2n) is 4.80. The van der Waals surface area contributed by atoms with Crippen LogP contribution < -0.4 is 10.6 Å². The Labute approximate surface area is 128 Å². The van der Waals surface area contributed by atoms with Crippen LogP contribution in [0.4, 0.5) is 11.5 Å². The first-order valence-corrected chi connectivity index (χ1v) is 7.19. The van der Waals surface area contributed by atoms with E-state index in [9.17, 15) is 9.59 Å². The molecule has 0 saturated carbocycles. The van der Waals surface area contributed by atoms with Gasteiger partial charge in [-0.1, -0.05) is 31.2 Å². The molecule has 2 amide bonds. The Morgan fingerprint density at radius 1 is 1.09 bits per heavy atom. The molecule has 0 spiro atoms. The lowest BCUT2D eigenvalue weighted by molar-refractivity contribution is -0.117. The van der Waals surface area contributed by atoms with Crippen LogP contribution in [0.5, 0.6) is 0 Å². The first kappa shape index (κ1) is 15.7. The molecule has 2 rings (SSSR count). The highest BCUT2D eigenvalue weighted by Gasteiger charge is 2.08. The number of benzene rings is 1. The summed E-state index contributed by atoms with van der Waals surface area (Å²) in [6.07, 6.45) is 2.84. The first-order valence-electron chi connectivity index (χ1n) is 7.19. The number of amides is 2. The number of hydrogen-bond donors (Lipinski definition) is 2. The van der Waals surface area contributed by atoms with Crippen molar-refractivity contribution >= 4 is 23.3 Å². The summed E-state index contributed by atoms with van der Waals surface area (Å²) in [5.41, 5.74) is 1.95. The average molecular weight is 301 g/mol. The second-order valence-corrected chi connectivity index (χ2v) is 4.80. The Morgan fingerprint density at radius 3 is 2.45 bits per heavy atom. The normalized spacial score (nSPS) is 10.3. The maximum atomic E-state index is 11.9. The highest BCUT2D eigenvalue weighted by molar-refractivity contribution is 5.91. The number of nitrogens with zero attached hydrogens (tertiary/aromatic N) is 3. The van der Waals surface area contributed by atoms with Gasteiger partial charge in [0.15, 0.2) is 5.82 Å². The van der Waals surface area contributed by atoms with E-state index < -0.39 is 0 Å². The number of carbonyl (C=O) groups is 2. The topological polar surface area (TPSA) is 88.9 Å². The van der Waals surface area contributed by atoms with Gasteiger partial charge in [-0.15, -0.1) is 5.10 Å². The third-order valence-electron chi connectivity index (χ3n) is 3.08. The van der Waals surface area contributed by atoms with Gasteiger partial charge in [-0.3, -0.25) is 9.59 Å². The maximum absolute atomic E-state index is 11.9. The zero-order valence-corrected chi connectivity index (χ0v) is 12.7. The number of nitrogens with one attached hydrogen (secondary N) is 2. The smallest absolute Gasteiger partial charge is 0.246 e. The molecule has 0 unspecified atom stereocenters. The summed E-state index contributed by atoms with van der Waals surface area (Å²) < 4.78 is 1.38. The first-order chi connectivity index (χ1) is 10.6. The molecule has 0 fully saturated rings. The molecule has 22 heavy (non-hydrogen) atoms. The van der Waals surface area contributed by atoms with Gasteiger partial charge in [0.2, 0.25) is 11.8 Å². The predicted molar refractivity (Wildman–Crippen MR) is 83.4 cm³/mol. The summed E-state index contributed by atoms with van der Waals surface area (Å²) in [5, 5.41) is 13.0. The van der Waals surface area contributed by atoms with Crippen LogP contribution in [0.1, 0.15) is 25.8 Å². The zero-order valence-electron chi connectivity index (χ0n) is 12.7. The highest BCUT2D eigenvalue weighted by Crippen LogP contribution is 2.10. The van der Waals surface area contributed by atoms with Gasteiger partial charge in [0.25, 0.3) is 0 Å². The van der Waals surface area contributed by atoms with Gasteiger partial charge >= 0.3 is 0 Å². The molecule has 2 aromatic rings. The van der Waals surface area contributed by atoms with Gasteiger partial charge in [-0.05, 0) is 24.1 Å². The number of anilines is 2. The maximum Gasteiger partial charge on any atom is 0.246 e. The van der Waals surface area contributed by atoms with Crippen molar-refractivity contribution in [3.8, 4) is 0 Å². The van der Waals surface area contributed by atoms with E-state index >= 15 is 0 Å². The van der Waals surface area contributed by atoms with Crippen molar-refractivity contribution in [2.24, 2.45) is 0 Å². The lowest BCUT2D eigenvalue weighted by Gasteiger charge is -2.05. The standard InChI is InChI=1S/C15H19N5O2/c1-3-11-5-7-12(8-6-11)16-15(22)10-20-9-13(18-19-20)17-14(21)4-2/h5-9H,3-4,10H2,1-2H3,(H,16,22)(H,17,21). The van der Waals surface area contributed by atoms with Gasteiger partial charge in [-0.2, -0.15) is 0 Å². The van der Waals surface area contributed by atoms with Crippen LogP contribution in [0.25, 0.3) is 0 Å². The van der Waals surface area contributed by atoms with Gasteiger partial charge in [0.1, 0.15) is 6.54 Å². The molecule has 0 aliphatic rings. The van der Waals surface area contributed by atoms with E-state index in [1.807, 2.05) is 24.3 Å². The minimum Gasteiger partial charge on any atom is -0.324 e. The largest absolute Gasteiger partial charge is 0.324 e. The fourth-order valence-electron chi connectivity index (χ4n) is 1.84. The molecule has 0 atom stereocenters. The number of aryl methyl sites for hydroxylation is 1. The predicted octanol–water partition coefficient (Wildman–Crippen LogP) is 1.83. The SMILES string of the molecule is CCC(=O)Nc1cn(CC(=O)Nc2ccc(CC)cc2)nn1. The Hall–Kier alpha value is -2.70. The molecule has 0 saturated heterocycles. The number of aromatic nitrogens is 3. The summed E-state index contributed by atoms with van der Waals surface area (Å²) in [6, 6.07) is 7.68. The quantitative estimate of drug-likeness (QED) is 0.852. The van der Waals surface area contributed by atoms with E-state index in [2.05, 4.69) is 27.9 Å². The molecule has 7 heteroatoms. The monoisotopic (exact) mass is 301 g/mol. The molecule has 7 nitrogen and oxygen atoms in total. The van der Waals surface area contributed by atoms with E-state index in [0.29, 0.717) is 12.2 Å². The van der Waals surface area contributed by atoms with Crippen LogP contribution in [0.3, 0.4) is 0 Å². The minimum absolute atomic E-state index is 0.0323. The summed E-state index contributed by atoms with van der Waals surface area (Å²) in [7, 11) is 0. The third-order valence-corrected chi connectivity index (χ3v) is 3.08. The number of rotatable bonds is 6. The zero-order chi connectivity index (χ0) is 15.9. The molecule has 1 aromatic heterocycles. The van der Waals surface area contributed by atoms with Crippen LogP contribution in [-0.2, 0) is 22.6 Å². The van der Waals surface area contributed by atoms with Gasteiger partial charge < -0.3 is 10.6 Å². The summed E-state index contributed by atoms with van der Waals surface area (Å²) in [6.45, 7) is 3.86. The van der Waals surface area contributed by atoms with Crippen LogP contribution in [-0.4, -0.2) is 26.8 Å². The van der Waals surface area contributed by atoms with Crippen LogP contribution >= 0.6 is 0 Å². The van der Waals surface area contributed by atoms with E-state index in [1.54, 1.807) is 6.92 Å². The van der Waals surface area contributed by atoms with Crippen molar-refractivity contribution in [1.82, 2.24) is 15.0 Å². The van der Waals surface area contributed by atoms with E-state index in [4.69, 9.17) is 0 Å². The molecule has 0 bridgehead atoms. The second kappa shape index (κ2) is 7.35. The van der Waals surface area contributed by atoms with Crippen molar-refractivity contribution in [3.63, 3.8) is 0 Å². The highest BCUT2D eigenvalue weighted by atomic mass is 16.2. The van der Waals surface area contributed by atoms with Crippen molar-refractivity contribution in [2.75, 3.05) is 10.6 Å². The lowest BCUT2D eigenvalue weighted by atomic mass is 10.1. The van der Waals surface area contributed by atoms with Crippen molar-refractivity contribution in [2.45, 2.75) is 33.2 Å². The summed E-state index contributed by atoms with van der Waals surface area (Å²) >= 11 is 0. The van der Waals surface area contributed by atoms with Crippen LogP contribution in [0.2, 0.25) is 0 Å². The van der Waals surface area contributed by atoms with Crippen LogP contribution in [0.15, 0.2) is 30.5 Å². The number of carbonyl (C=O) groups excluding carboxylic acids is 2. The fraction of sp³-hybridized carbons (Fsp3) is 0.333. The van der Waals surface area contributed by atoms with E-state index in [1.165, 1.54) is 16.4 Å². The third kappa shape index (κ3) is 4.41.